The topological polar surface area (TPSA) is 148 Å². The predicted octanol–water partition coefficient (Wildman–Crippen LogP) is 5.34. The molecule has 3 aromatic carbocycles. The van der Waals surface area contributed by atoms with Crippen molar-refractivity contribution in [2.24, 2.45) is 0 Å². The molecule has 2 aliphatic rings. The van der Waals surface area contributed by atoms with Crippen molar-refractivity contribution in [2.45, 2.75) is 25.4 Å². The Hall–Kier alpha value is -4.55. The molecular weight excluding hydrogens is 675 g/mol. The van der Waals surface area contributed by atoms with Crippen LogP contribution in [0.5, 0.6) is 17.2 Å². The molecule has 2 aromatic heterocycles. The molecule has 7 rings (SSSR count). The van der Waals surface area contributed by atoms with Gasteiger partial charge >= 0.3 is 181 Å². The van der Waals surface area contributed by atoms with E-state index in [-0.39, 0.29) is 22.9 Å². The SMILES string of the molecule is [CH3][In]([CH2]/C=C/C(=O)N1CCOc2ccc(-n3c(=O)n(-c4ccc(Oc5ccccc5)cc4)c4c(N)ncnc43)cc21)[CH]1CC1.[OH-]. The first-order valence-corrected chi connectivity index (χ1v) is 22.3. The third-order valence-electron chi connectivity index (χ3n) is 8.25. The molecule has 45 heavy (non-hydrogen) atoms. The number of carbonyl (C=O) groups excluding carboxylic acids is 1. The van der Waals surface area contributed by atoms with Crippen LogP contribution in [-0.2, 0) is 4.79 Å². The molecule has 1 saturated carbocycles. The van der Waals surface area contributed by atoms with E-state index in [2.05, 4.69) is 20.7 Å². The first-order valence-electron chi connectivity index (χ1n) is 14.8. The van der Waals surface area contributed by atoms with E-state index in [9.17, 15) is 9.59 Å². The Morgan fingerprint density at radius 1 is 1.02 bits per heavy atom. The number of carbonyl (C=O) groups is 1. The Morgan fingerprint density at radius 3 is 2.51 bits per heavy atom. The molecule has 228 valence electrons. The minimum atomic E-state index is -1.52. The van der Waals surface area contributed by atoms with Gasteiger partial charge in [0, 0.05) is 0 Å². The number of amides is 1. The van der Waals surface area contributed by atoms with Crippen LogP contribution in [0, 0.1) is 0 Å². The number of imidazole rings is 1. The average Bonchev–Trinajstić information content (AvgIpc) is 3.85. The van der Waals surface area contributed by atoms with Gasteiger partial charge in [-0.3, -0.25) is 0 Å². The van der Waals surface area contributed by atoms with Crippen molar-refractivity contribution in [1.29, 1.82) is 0 Å². The summed E-state index contributed by atoms with van der Waals surface area (Å²) >= 11 is -1.52. The van der Waals surface area contributed by atoms with E-state index in [4.69, 9.17) is 15.2 Å². The molecule has 3 N–H and O–H groups in total. The monoisotopic (exact) mass is 707 g/mol. The van der Waals surface area contributed by atoms with Crippen molar-refractivity contribution < 1.29 is 19.7 Å². The normalized spacial score (nSPS) is 14.1. The molecule has 0 bridgehead atoms. The van der Waals surface area contributed by atoms with E-state index in [1.165, 1.54) is 28.3 Å². The van der Waals surface area contributed by atoms with E-state index < -0.39 is 21.4 Å². The summed E-state index contributed by atoms with van der Waals surface area (Å²) < 4.78 is 19.3. The first-order chi connectivity index (χ1) is 21.5. The third-order valence-corrected chi connectivity index (χ3v) is 17.6. The number of nitrogens with two attached hydrogens (primary N) is 1. The fourth-order valence-electron chi connectivity index (χ4n) is 5.71. The van der Waals surface area contributed by atoms with Crippen LogP contribution in [0.1, 0.15) is 12.8 Å². The van der Waals surface area contributed by atoms with Crippen molar-refractivity contribution in [1.82, 2.24) is 19.1 Å². The molecule has 0 saturated heterocycles. The second-order valence-electron chi connectivity index (χ2n) is 11.2. The Balaban J connectivity index is 0.00000357. The smallest absolute Gasteiger partial charge is 0.870 e. The molecule has 1 amide bonds. The van der Waals surface area contributed by atoms with Crippen LogP contribution < -0.4 is 25.8 Å². The van der Waals surface area contributed by atoms with Gasteiger partial charge in [-0.2, -0.15) is 0 Å². The summed E-state index contributed by atoms with van der Waals surface area (Å²) in [6.07, 6.45) is 7.85. The van der Waals surface area contributed by atoms with E-state index >= 15 is 0 Å². The van der Waals surface area contributed by atoms with E-state index in [1.54, 1.807) is 53.4 Å². The summed E-state index contributed by atoms with van der Waals surface area (Å²) in [7, 11) is 0. The van der Waals surface area contributed by atoms with Gasteiger partial charge in [0.15, 0.2) is 0 Å². The fourth-order valence-corrected chi connectivity index (χ4v) is 12.2. The summed E-state index contributed by atoms with van der Waals surface area (Å²) in [5, 5.41) is 0. The summed E-state index contributed by atoms with van der Waals surface area (Å²) in [5.74, 6) is 2.01. The number of nitrogens with zero attached hydrogens (tertiary/aromatic N) is 5. The van der Waals surface area contributed by atoms with Crippen LogP contribution in [0.2, 0.25) is 12.5 Å². The van der Waals surface area contributed by atoms with Crippen molar-refractivity contribution in [3.63, 3.8) is 0 Å². The molecule has 1 aliphatic heterocycles. The summed E-state index contributed by atoms with van der Waals surface area (Å²) in [4.78, 5) is 37.8. The standard InChI is InChI=1S/C29H23N6O4.C3H5.CH3.In.H2O/c1-2-6-25(36)33-15-16-38-24-14-11-20(17-23(24)33)35-28-26(27(30)31-18-32-28)34(29(35)37)19-9-12-22(13-10-19)39-21-7-4-3-5-8-21;1-2-3-1;;;/h2-14,17-18H,1,15-16H2,(H2,30,31,32);1H,2-3H2;1H3;;1H2/p-1/b6-2+;;;;. The van der Waals surface area contributed by atoms with Crippen LogP contribution in [0.3, 0.4) is 0 Å². The van der Waals surface area contributed by atoms with Gasteiger partial charge in [-0.1, -0.05) is 18.2 Å². The maximum absolute atomic E-state index is 14.1. The van der Waals surface area contributed by atoms with E-state index in [0.29, 0.717) is 58.6 Å². The van der Waals surface area contributed by atoms with Gasteiger partial charge in [-0.25, -0.2) is 4.98 Å². The second kappa shape index (κ2) is 12.8. The van der Waals surface area contributed by atoms with Crippen LogP contribution in [0.15, 0.2) is 96.1 Å². The Labute approximate surface area is 267 Å². The number of rotatable bonds is 8. The first kappa shape index (κ1) is 30.5. The van der Waals surface area contributed by atoms with Crippen molar-refractivity contribution in [2.75, 3.05) is 23.8 Å². The summed E-state index contributed by atoms with van der Waals surface area (Å²) in [5.41, 5.74) is 8.41. The van der Waals surface area contributed by atoms with Crippen molar-refractivity contribution in [3.05, 3.63) is 102 Å². The minimum Gasteiger partial charge on any atom is -0.870 e. The summed E-state index contributed by atoms with van der Waals surface area (Å²) in [6, 6.07) is 22.0. The minimum absolute atomic E-state index is 0. The number of aromatic nitrogens is 4. The van der Waals surface area contributed by atoms with Gasteiger partial charge in [-0.05, 0) is 36.4 Å². The molecule has 0 spiro atoms. The van der Waals surface area contributed by atoms with Crippen LogP contribution >= 0.6 is 0 Å². The predicted molar refractivity (Wildman–Crippen MR) is 174 cm³/mol. The zero-order chi connectivity index (χ0) is 30.2. The molecule has 0 atom stereocenters. The van der Waals surface area contributed by atoms with Crippen LogP contribution in [0.4, 0.5) is 11.5 Å². The second-order valence-corrected chi connectivity index (χ2v) is 20.9. The number of para-hydroxylation sites is 1. The fraction of sp³-hybridized carbons (Fsp3) is 0.212. The van der Waals surface area contributed by atoms with Gasteiger partial charge in [0.2, 0.25) is 0 Å². The van der Waals surface area contributed by atoms with Gasteiger partial charge in [-0.15, -0.1) is 0 Å². The van der Waals surface area contributed by atoms with Gasteiger partial charge in [0.05, 0.1) is 0 Å². The van der Waals surface area contributed by atoms with Gasteiger partial charge in [0.25, 0.3) is 0 Å². The molecule has 5 aromatic rings. The molecule has 3 heterocycles. The van der Waals surface area contributed by atoms with E-state index in [0.717, 1.165) is 7.85 Å². The zero-order valence-electron chi connectivity index (χ0n) is 24.7. The molecule has 0 radical (unpaired) electrons. The van der Waals surface area contributed by atoms with Gasteiger partial charge < -0.3 is 15.9 Å². The number of hydrogen-bond donors (Lipinski definition) is 1. The Kier molecular flexibility index (Phi) is 8.68. The number of anilines is 2. The molecule has 11 nitrogen and oxygen atoms in total. The quantitative estimate of drug-likeness (QED) is 0.213. The molecule has 1 aliphatic carbocycles. The summed E-state index contributed by atoms with van der Waals surface area (Å²) in [6.45, 7) is 0.820. The maximum Gasteiger partial charge on any atom is -0.870 e. The number of fused-ring (bicyclic) bond motifs is 2. The van der Waals surface area contributed by atoms with Gasteiger partial charge in [0.1, 0.15) is 11.5 Å². The Bertz CT molecular complexity index is 1940. The van der Waals surface area contributed by atoms with Crippen LogP contribution in [0.25, 0.3) is 22.5 Å². The largest absolute Gasteiger partial charge is 0.870 e. The van der Waals surface area contributed by atoms with Crippen molar-refractivity contribution >= 4 is 50.0 Å². The number of allylic oxidation sites excluding steroid dienone is 1. The molecule has 0 unspecified atom stereocenters. The number of benzene rings is 3. The third kappa shape index (κ3) is 6.07. The molecular formula is C33H32InN6O5-. The van der Waals surface area contributed by atoms with E-state index in [1.807, 2.05) is 30.3 Å². The molecule has 12 heteroatoms. The maximum atomic E-state index is 14.1. The van der Waals surface area contributed by atoms with Crippen molar-refractivity contribution in [3.8, 4) is 28.6 Å². The van der Waals surface area contributed by atoms with Crippen LogP contribution in [-0.4, -0.2) is 65.1 Å². The number of hydrogen-bond acceptors (Lipinski definition) is 8. The average molecular weight is 707 g/mol. The Morgan fingerprint density at radius 2 is 1.76 bits per heavy atom. The number of ether oxygens (including phenoxy) is 2. The number of nitrogen functional groups attached to an aromatic ring is 1. The molecule has 1 fully saturated rings. The zero-order valence-corrected chi connectivity index (χ0v) is 28.0.